The largest absolute Gasteiger partial charge is 0.493 e. The number of benzene rings is 2. The zero-order valence-corrected chi connectivity index (χ0v) is 16.6. The summed E-state index contributed by atoms with van der Waals surface area (Å²) in [6, 6.07) is 11.1. The normalized spacial score (nSPS) is 10.4. The first-order valence-corrected chi connectivity index (χ1v) is 8.68. The van der Waals surface area contributed by atoms with E-state index in [1.807, 2.05) is 31.2 Å². The summed E-state index contributed by atoms with van der Waals surface area (Å²) in [7, 11) is 2.96. The van der Waals surface area contributed by atoms with Gasteiger partial charge in [0, 0.05) is 11.3 Å². The number of rotatable bonds is 8. The van der Waals surface area contributed by atoms with Crippen molar-refractivity contribution in [2.45, 2.75) is 6.92 Å². The summed E-state index contributed by atoms with van der Waals surface area (Å²) in [6.07, 6.45) is 1.55. The van der Waals surface area contributed by atoms with E-state index in [4.69, 9.17) is 32.2 Å². The molecule has 0 spiro atoms. The Kier molecular flexibility index (Phi) is 7.58. The third kappa shape index (κ3) is 5.85. The summed E-state index contributed by atoms with van der Waals surface area (Å²) in [5.41, 5.74) is 10.5. The van der Waals surface area contributed by atoms with Gasteiger partial charge in [-0.25, -0.2) is 0 Å². The van der Waals surface area contributed by atoms with Gasteiger partial charge in [0.1, 0.15) is 0 Å². The van der Waals surface area contributed by atoms with Crippen molar-refractivity contribution in [1.29, 1.82) is 0 Å². The molecular formula is C19H22N4O4S. The first kappa shape index (κ1) is 21.0. The highest BCUT2D eigenvalue weighted by molar-refractivity contribution is 7.80. The van der Waals surface area contributed by atoms with Gasteiger partial charge in [-0.15, -0.1) is 0 Å². The van der Waals surface area contributed by atoms with Gasteiger partial charge in [-0.05, 0) is 42.9 Å². The van der Waals surface area contributed by atoms with Crippen LogP contribution in [-0.4, -0.2) is 38.1 Å². The Morgan fingerprint density at radius 3 is 2.43 bits per heavy atom. The number of nitrogens with two attached hydrogens (primary N) is 1. The van der Waals surface area contributed by atoms with Gasteiger partial charge in [0.05, 0.1) is 20.4 Å². The van der Waals surface area contributed by atoms with E-state index in [1.54, 1.807) is 18.3 Å². The SMILES string of the molecule is COc1cc(/C=N\NC(=S)Nc2ccccc2C)cc(OC)c1OCC(N)=O. The van der Waals surface area contributed by atoms with E-state index in [9.17, 15) is 4.79 Å². The van der Waals surface area contributed by atoms with Gasteiger partial charge < -0.3 is 25.3 Å². The Bertz CT molecular complexity index is 861. The van der Waals surface area contributed by atoms with Gasteiger partial charge >= 0.3 is 0 Å². The van der Waals surface area contributed by atoms with Gasteiger partial charge in [-0.2, -0.15) is 5.10 Å². The highest BCUT2D eigenvalue weighted by Crippen LogP contribution is 2.38. The number of anilines is 1. The van der Waals surface area contributed by atoms with Crippen LogP contribution in [0.1, 0.15) is 11.1 Å². The van der Waals surface area contributed by atoms with Crippen molar-refractivity contribution in [3.05, 3.63) is 47.5 Å². The predicted octanol–water partition coefficient (Wildman–Crippen LogP) is 2.20. The number of aryl methyl sites for hydroxylation is 1. The number of ether oxygens (including phenoxy) is 3. The topological polar surface area (TPSA) is 107 Å². The number of carbonyl (C=O) groups excluding carboxylic acids is 1. The van der Waals surface area contributed by atoms with Crippen LogP contribution in [-0.2, 0) is 4.79 Å². The first-order valence-electron chi connectivity index (χ1n) is 8.27. The molecule has 0 fully saturated rings. The molecule has 0 heterocycles. The van der Waals surface area contributed by atoms with Crippen LogP contribution in [0.5, 0.6) is 17.2 Å². The van der Waals surface area contributed by atoms with Crippen LogP contribution in [0.2, 0.25) is 0 Å². The van der Waals surface area contributed by atoms with Gasteiger partial charge in [0.2, 0.25) is 5.75 Å². The molecule has 0 bridgehead atoms. The molecule has 9 heteroatoms. The smallest absolute Gasteiger partial charge is 0.255 e. The second-order valence-electron chi connectivity index (χ2n) is 5.65. The summed E-state index contributed by atoms with van der Waals surface area (Å²) in [5, 5.41) is 7.54. The second-order valence-corrected chi connectivity index (χ2v) is 6.06. The van der Waals surface area contributed by atoms with Crippen LogP contribution in [0.3, 0.4) is 0 Å². The molecule has 0 aliphatic carbocycles. The van der Waals surface area contributed by atoms with Gasteiger partial charge in [-0.3, -0.25) is 10.2 Å². The maximum Gasteiger partial charge on any atom is 0.255 e. The molecule has 148 valence electrons. The molecule has 0 aliphatic heterocycles. The van der Waals surface area contributed by atoms with Crippen LogP contribution >= 0.6 is 12.2 Å². The van der Waals surface area contributed by atoms with Crippen molar-refractivity contribution in [1.82, 2.24) is 5.43 Å². The van der Waals surface area contributed by atoms with E-state index in [-0.39, 0.29) is 12.4 Å². The molecule has 0 radical (unpaired) electrons. The van der Waals surface area contributed by atoms with E-state index >= 15 is 0 Å². The average Bonchev–Trinajstić information content (AvgIpc) is 2.67. The molecule has 0 saturated carbocycles. The van der Waals surface area contributed by atoms with E-state index < -0.39 is 5.91 Å². The number of amides is 1. The number of hydrogen-bond donors (Lipinski definition) is 3. The Balaban J connectivity index is 2.09. The standard InChI is InChI=1S/C19H22N4O4S/c1-12-6-4-5-7-14(12)22-19(28)23-21-10-13-8-15(25-2)18(16(9-13)26-3)27-11-17(20)24/h4-10H,11H2,1-3H3,(H2,20,24)(H2,22,23,28)/b21-10-. The molecule has 8 nitrogen and oxygen atoms in total. The molecule has 0 aliphatic rings. The molecule has 2 aromatic carbocycles. The first-order chi connectivity index (χ1) is 13.4. The van der Waals surface area contributed by atoms with Crippen LogP contribution in [0.15, 0.2) is 41.5 Å². The number of primary amides is 1. The average molecular weight is 402 g/mol. The molecule has 0 unspecified atom stereocenters. The van der Waals surface area contributed by atoms with Crippen molar-refractivity contribution in [2.24, 2.45) is 10.8 Å². The van der Waals surface area contributed by atoms with Gasteiger partial charge in [0.15, 0.2) is 23.2 Å². The molecule has 0 aromatic heterocycles. The Hall–Kier alpha value is -3.33. The quantitative estimate of drug-likeness (QED) is 0.353. The lowest BCUT2D eigenvalue weighted by Crippen LogP contribution is -2.24. The van der Waals surface area contributed by atoms with Gasteiger partial charge in [-0.1, -0.05) is 18.2 Å². The molecule has 0 saturated heterocycles. The summed E-state index contributed by atoms with van der Waals surface area (Å²) in [4.78, 5) is 11.0. The lowest BCUT2D eigenvalue weighted by Gasteiger charge is -2.14. The van der Waals surface area contributed by atoms with E-state index in [2.05, 4.69) is 15.8 Å². The lowest BCUT2D eigenvalue weighted by atomic mass is 10.2. The summed E-state index contributed by atoms with van der Waals surface area (Å²) in [6.45, 7) is 1.69. The van der Waals surface area contributed by atoms with E-state index in [0.29, 0.717) is 22.2 Å². The molecule has 1 amide bonds. The zero-order valence-electron chi connectivity index (χ0n) is 15.8. The Morgan fingerprint density at radius 1 is 1.21 bits per heavy atom. The fraction of sp³-hybridized carbons (Fsp3) is 0.211. The molecule has 2 aromatic rings. The van der Waals surface area contributed by atoms with Crippen LogP contribution in [0.4, 0.5) is 5.69 Å². The highest BCUT2D eigenvalue weighted by Gasteiger charge is 2.14. The fourth-order valence-corrected chi connectivity index (χ4v) is 2.45. The third-order valence-electron chi connectivity index (χ3n) is 3.61. The van der Waals surface area contributed by atoms with Crippen LogP contribution < -0.4 is 30.7 Å². The maximum absolute atomic E-state index is 11.0. The van der Waals surface area contributed by atoms with Crippen molar-refractivity contribution < 1.29 is 19.0 Å². The van der Waals surface area contributed by atoms with Crippen molar-refractivity contribution in [3.8, 4) is 17.2 Å². The summed E-state index contributed by atoms with van der Waals surface area (Å²) < 4.78 is 16.0. The zero-order chi connectivity index (χ0) is 20.5. The lowest BCUT2D eigenvalue weighted by molar-refractivity contribution is -0.119. The van der Waals surface area contributed by atoms with Crippen molar-refractivity contribution >= 4 is 35.1 Å². The monoisotopic (exact) mass is 402 g/mol. The number of hydrazone groups is 1. The maximum atomic E-state index is 11.0. The van der Waals surface area contributed by atoms with Crippen LogP contribution in [0.25, 0.3) is 0 Å². The van der Waals surface area contributed by atoms with Crippen LogP contribution in [0, 0.1) is 6.92 Å². The minimum atomic E-state index is -0.603. The molecule has 28 heavy (non-hydrogen) atoms. The molecule has 4 N–H and O–H groups in total. The van der Waals surface area contributed by atoms with Crippen molar-refractivity contribution in [3.63, 3.8) is 0 Å². The molecule has 2 rings (SSSR count). The fourth-order valence-electron chi connectivity index (χ4n) is 2.29. The van der Waals surface area contributed by atoms with Crippen molar-refractivity contribution in [2.75, 3.05) is 26.1 Å². The minimum Gasteiger partial charge on any atom is -0.493 e. The molecular weight excluding hydrogens is 380 g/mol. The number of methoxy groups -OCH3 is 2. The number of hydrogen-bond acceptors (Lipinski definition) is 6. The van der Waals surface area contributed by atoms with Gasteiger partial charge in [0.25, 0.3) is 5.91 Å². The second kappa shape index (κ2) is 10.1. The van der Waals surface area contributed by atoms with E-state index in [0.717, 1.165) is 11.3 Å². The summed E-state index contributed by atoms with van der Waals surface area (Å²) >= 11 is 5.24. The number of carbonyl (C=O) groups is 1. The summed E-state index contributed by atoms with van der Waals surface area (Å²) in [5.74, 6) is 0.435. The third-order valence-corrected chi connectivity index (χ3v) is 3.81. The van der Waals surface area contributed by atoms with E-state index in [1.165, 1.54) is 14.2 Å². The number of para-hydroxylation sites is 1. The Labute approximate surface area is 168 Å². The number of thiocarbonyl (C=S) groups is 1. The molecule has 0 atom stereocenters. The number of nitrogens with zero attached hydrogens (tertiary/aromatic N) is 1. The predicted molar refractivity (Wildman–Crippen MR) is 112 cm³/mol. The highest BCUT2D eigenvalue weighted by atomic mass is 32.1. The minimum absolute atomic E-state index is 0.283. The number of nitrogens with one attached hydrogen (secondary N) is 2. The Morgan fingerprint density at radius 2 is 1.86 bits per heavy atom.